The molecular weight excluding hydrogens is 439 g/mol. The summed E-state index contributed by atoms with van der Waals surface area (Å²) in [6, 6.07) is 3.61. The first kappa shape index (κ1) is 22.2. The third-order valence-corrected chi connectivity index (χ3v) is 7.72. The molecule has 4 nitrogen and oxygen atoms in total. The highest BCUT2D eigenvalue weighted by molar-refractivity contribution is 7.99. The van der Waals surface area contributed by atoms with Crippen molar-refractivity contribution in [3.63, 3.8) is 0 Å². The summed E-state index contributed by atoms with van der Waals surface area (Å²) in [5.74, 6) is 1.86. The summed E-state index contributed by atoms with van der Waals surface area (Å²) in [6.45, 7) is 4.01. The van der Waals surface area contributed by atoms with E-state index in [1.165, 1.54) is 12.8 Å². The van der Waals surface area contributed by atoms with Gasteiger partial charge in [0.15, 0.2) is 5.78 Å². The number of rotatable bonds is 3. The van der Waals surface area contributed by atoms with Crippen molar-refractivity contribution in [2.24, 2.45) is 0 Å². The van der Waals surface area contributed by atoms with Crippen LogP contribution in [0, 0.1) is 0 Å². The van der Waals surface area contributed by atoms with Crippen molar-refractivity contribution in [2.75, 3.05) is 37.7 Å². The van der Waals surface area contributed by atoms with Crippen molar-refractivity contribution < 1.29 is 9.59 Å². The predicted molar refractivity (Wildman–Crippen MR) is 119 cm³/mol. The van der Waals surface area contributed by atoms with E-state index in [4.69, 9.17) is 23.2 Å². The summed E-state index contributed by atoms with van der Waals surface area (Å²) in [6.07, 6.45) is 3.46. The van der Waals surface area contributed by atoms with Crippen LogP contribution in [0.25, 0.3) is 0 Å². The van der Waals surface area contributed by atoms with E-state index in [0.717, 1.165) is 43.2 Å². The maximum atomic E-state index is 13.5. The molecule has 4 rings (SSSR count). The molecule has 0 unspecified atom stereocenters. The smallest absolute Gasteiger partial charge is 0.230 e. The van der Waals surface area contributed by atoms with E-state index in [1.54, 1.807) is 12.1 Å². The van der Waals surface area contributed by atoms with Gasteiger partial charge in [-0.15, -0.1) is 12.4 Å². The first-order valence-corrected chi connectivity index (χ1v) is 11.6. The van der Waals surface area contributed by atoms with Gasteiger partial charge in [-0.05, 0) is 50.0 Å². The molecule has 0 spiro atoms. The number of likely N-dealkylation sites (tertiary alicyclic amines) is 1. The van der Waals surface area contributed by atoms with Crippen LogP contribution in [-0.2, 0) is 4.79 Å². The molecule has 0 bridgehead atoms. The van der Waals surface area contributed by atoms with E-state index in [0.29, 0.717) is 28.5 Å². The van der Waals surface area contributed by atoms with Gasteiger partial charge in [0.1, 0.15) is 0 Å². The van der Waals surface area contributed by atoms with Gasteiger partial charge in [-0.3, -0.25) is 9.59 Å². The van der Waals surface area contributed by atoms with Crippen LogP contribution < -0.4 is 0 Å². The number of Topliss-reactive ketones (excluding diaryl/α,β-unsaturated/α-hetero) is 1. The third-order valence-electron chi connectivity index (χ3n) is 5.90. The second-order valence-corrected chi connectivity index (χ2v) is 9.60. The minimum absolute atomic E-state index is 0. The Morgan fingerprint density at radius 1 is 1.14 bits per heavy atom. The molecule has 1 aromatic carbocycles. The summed E-state index contributed by atoms with van der Waals surface area (Å²) in [5.41, 5.74) is 1.32. The Kier molecular flexibility index (Phi) is 7.60. The molecule has 1 aromatic rings. The van der Waals surface area contributed by atoms with Crippen molar-refractivity contribution in [3.05, 3.63) is 33.3 Å². The van der Waals surface area contributed by atoms with Gasteiger partial charge in [-0.25, -0.2) is 0 Å². The Hall–Kier alpha value is -0.460. The second-order valence-electron chi connectivity index (χ2n) is 7.64. The highest BCUT2D eigenvalue weighted by atomic mass is 35.5. The molecule has 8 heteroatoms. The first-order chi connectivity index (χ1) is 13.0. The lowest BCUT2D eigenvalue weighted by Gasteiger charge is -2.40. The quantitative estimate of drug-likeness (QED) is 0.661. The van der Waals surface area contributed by atoms with Gasteiger partial charge in [0, 0.05) is 36.6 Å². The number of hydrogen-bond donors (Lipinski definition) is 0. The fourth-order valence-corrected chi connectivity index (χ4v) is 5.86. The summed E-state index contributed by atoms with van der Waals surface area (Å²) in [7, 11) is 0. The van der Waals surface area contributed by atoms with Crippen LogP contribution in [0.15, 0.2) is 12.1 Å². The molecule has 0 radical (unpaired) electrons. The molecule has 2 saturated heterocycles. The lowest BCUT2D eigenvalue weighted by atomic mass is 9.81. The van der Waals surface area contributed by atoms with Crippen LogP contribution in [0.2, 0.25) is 10.0 Å². The van der Waals surface area contributed by atoms with Crippen molar-refractivity contribution in [2.45, 2.75) is 37.6 Å². The Morgan fingerprint density at radius 3 is 2.61 bits per heavy atom. The summed E-state index contributed by atoms with van der Waals surface area (Å²) in [5, 5.41) is 0.781. The summed E-state index contributed by atoms with van der Waals surface area (Å²) >= 11 is 14.3. The summed E-state index contributed by atoms with van der Waals surface area (Å²) < 4.78 is 0. The van der Waals surface area contributed by atoms with E-state index >= 15 is 0 Å². The number of carbonyl (C=O) groups excluding carboxylic acids is 2. The van der Waals surface area contributed by atoms with E-state index in [-0.39, 0.29) is 36.1 Å². The predicted octanol–water partition coefficient (Wildman–Crippen LogP) is 4.52. The van der Waals surface area contributed by atoms with Gasteiger partial charge in [-0.2, -0.15) is 11.8 Å². The van der Waals surface area contributed by atoms with E-state index < -0.39 is 0 Å². The minimum atomic E-state index is -0.295. The average Bonchev–Trinajstić information content (AvgIpc) is 3.17. The largest absolute Gasteiger partial charge is 0.336 e. The Balaban J connectivity index is 0.00000225. The SMILES string of the molecule is Cl.O=C1CC[C@@H](C(=O)N2CCSC[C@@H]2CN2CCCC2)c2cc(Cl)c(Cl)cc21. The van der Waals surface area contributed by atoms with Gasteiger partial charge in [-0.1, -0.05) is 23.2 Å². The number of benzene rings is 1. The average molecular weight is 464 g/mol. The molecule has 0 aromatic heterocycles. The number of fused-ring (bicyclic) bond motifs is 1. The molecule has 1 amide bonds. The zero-order chi connectivity index (χ0) is 19.0. The topological polar surface area (TPSA) is 40.6 Å². The third kappa shape index (κ3) is 4.49. The van der Waals surface area contributed by atoms with Crippen molar-refractivity contribution in [1.82, 2.24) is 9.80 Å². The van der Waals surface area contributed by atoms with Crippen molar-refractivity contribution >= 4 is 59.1 Å². The van der Waals surface area contributed by atoms with Gasteiger partial charge < -0.3 is 9.80 Å². The minimum Gasteiger partial charge on any atom is -0.336 e. The van der Waals surface area contributed by atoms with Crippen LogP contribution in [0.4, 0.5) is 0 Å². The lowest BCUT2D eigenvalue weighted by molar-refractivity contribution is -0.135. The maximum absolute atomic E-state index is 13.5. The van der Waals surface area contributed by atoms with E-state index in [9.17, 15) is 9.59 Å². The fourth-order valence-electron chi connectivity index (χ4n) is 4.47. The molecule has 154 valence electrons. The molecule has 3 aliphatic rings. The highest BCUT2D eigenvalue weighted by Crippen LogP contribution is 2.38. The van der Waals surface area contributed by atoms with Gasteiger partial charge in [0.2, 0.25) is 5.91 Å². The van der Waals surface area contributed by atoms with Gasteiger partial charge in [0.25, 0.3) is 0 Å². The van der Waals surface area contributed by atoms with Crippen LogP contribution in [0.3, 0.4) is 0 Å². The number of ketones is 1. The number of halogens is 3. The maximum Gasteiger partial charge on any atom is 0.230 e. The van der Waals surface area contributed by atoms with Gasteiger partial charge in [0.05, 0.1) is 22.0 Å². The number of carbonyl (C=O) groups is 2. The standard InChI is InChI=1S/C20H24Cl2N2O2S.ClH/c21-17-9-15-14(3-4-19(25)16(15)10-18(17)22)20(26)24-7-8-27-12-13(24)11-23-5-1-2-6-23;/h9-10,13-14H,1-8,11-12H2;1H/t13-,14+;/m0./s1. The highest BCUT2D eigenvalue weighted by Gasteiger charge is 2.37. The molecule has 2 atom stereocenters. The van der Waals surface area contributed by atoms with Crippen molar-refractivity contribution in [1.29, 1.82) is 0 Å². The molecule has 0 N–H and O–H groups in total. The molecule has 2 fully saturated rings. The monoisotopic (exact) mass is 462 g/mol. The van der Waals surface area contributed by atoms with Crippen LogP contribution in [-0.4, -0.2) is 65.2 Å². The molecule has 1 aliphatic carbocycles. The van der Waals surface area contributed by atoms with Crippen LogP contribution in [0.5, 0.6) is 0 Å². The van der Waals surface area contributed by atoms with E-state index in [2.05, 4.69) is 9.80 Å². The fraction of sp³-hybridized carbons (Fsp3) is 0.600. The van der Waals surface area contributed by atoms with Crippen LogP contribution >= 0.6 is 47.4 Å². The van der Waals surface area contributed by atoms with Crippen molar-refractivity contribution in [3.8, 4) is 0 Å². The Bertz CT molecular complexity index is 755. The zero-order valence-corrected chi connectivity index (χ0v) is 18.8. The number of nitrogens with zero attached hydrogens (tertiary/aromatic N) is 2. The van der Waals surface area contributed by atoms with Crippen LogP contribution in [0.1, 0.15) is 47.5 Å². The Morgan fingerprint density at radius 2 is 1.86 bits per heavy atom. The van der Waals surface area contributed by atoms with E-state index in [1.807, 2.05) is 11.8 Å². The normalized spacial score (nSPS) is 25.4. The number of hydrogen-bond acceptors (Lipinski definition) is 4. The summed E-state index contributed by atoms with van der Waals surface area (Å²) in [4.78, 5) is 30.4. The van der Waals surface area contributed by atoms with Gasteiger partial charge >= 0.3 is 0 Å². The number of thioether (sulfide) groups is 1. The first-order valence-electron chi connectivity index (χ1n) is 9.67. The zero-order valence-electron chi connectivity index (χ0n) is 15.7. The lowest BCUT2D eigenvalue weighted by Crippen LogP contribution is -2.52. The molecule has 2 aliphatic heterocycles. The molecule has 2 heterocycles. The molecule has 28 heavy (non-hydrogen) atoms. The molecule has 0 saturated carbocycles. The Labute approximate surface area is 186 Å². The molecular formula is C20H25Cl3N2O2S. The second kappa shape index (κ2) is 9.57. The number of amides is 1.